The first kappa shape index (κ1) is 13.1. The molecule has 0 aliphatic heterocycles. The molecule has 2 N–H and O–H groups in total. The zero-order valence-corrected chi connectivity index (χ0v) is 11.5. The highest BCUT2D eigenvalue weighted by Crippen LogP contribution is 2.39. The third-order valence-corrected chi connectivity index (χ3v) is 4.33. The van der Waals surface area contributed by atoms with Crippen LogP contribution in [0.4, 0.5) is 0 Å². The van der Waals surface area contributed by atoms with Gasteiger partial charge in [0.25, 0.3) is 0 Å². The fourth-order valence-corrected chi connectivity index (χ4v) is 3.26. The highest BCUT2D eigenvalue weighted by Gasteiger charge is 2.48. The van der Waals surface area contributed by atoms with Gasteiger partial charge in [0.2, 0.25) is 5.91 Å². The van der Waals surface area contributed by atoms with Gasteiger partial charge in [0, 0.05) is 9.75 Å². The number of carboxylic acid groups (broad SMARTS) is 1. The molecule has 18 heavy (non-hydrogen) atoms. The lowest BCUT2D eigenvalue weighted by atomic mass is 10.1. The lowest BCUT2D eigenvalue weighted by Gasteiger charge is -2.13. The van der Waals surface area contributed by atoms with Crippen molar-refractivity contribution in [1.29, 1.82) is 0 Å². The summed E-state index contributed by atoms with van der Waals surface area (Å²) in [5.41, 5.74) is 1.12. The summed E-state index contributed by atoms with van der Waals surface area (Å²) in [5, 5.41) is 11.7. The van der Waals surface area contributed by atoms with Crippen LogP contribution in [-0.4, -0.2) is 17.0 Å². The molecule has 5 heteroatoms. The lowest BCUT2D eigenvalue weighted by molar-refractivity contribution is -0.140. The minimum Gasteiger partial charge on any atom is -0.481 e. The highest BCUT2D eigenvalue weighted by molar-refractivity contribution is 7.12. The molecule has 1 aliphatic rings. The highest BCUT2D eigenvalue weighted by atomic mass is 32.1. The van der Waals surface area contributed by atoms with Crippen LogP contribution in [0.2, 0.25) is 0 Å². The van der Waals surface area contributed by atoms with Gasteiger partial charge in [-0.15, -0.1) is 11.3 Å². The van der Waals surface area contributed by atoms with Crippen molar-refractivity contribution < 1.29 is 14.7 Å². The Labute approximate surface area is 110 Å². The normalized spacial score (nSPS) is 23.5. The van der Waals surface area contributed by atoms with Crippen LogP contribution in [0, 0.1) is 25.7 Å². The van der Waals surface area contributed by atoms with E-state index in [4.69, 9.17) is 5.11 Å². The molecule has 3 atom stereocenters. The molecule has 1 aliphatic carbocycles. The van der Waals surface area contributed by atoms with Crippen molar-refractivity contribution in [1.82, 2.24) is 5.32 Å². The molecule has 3 unspecified atom stereocenters. The second-order valence-electron chi connectivity index (χ2n) is 4.89. The van der Waals surface area contributed by atoms with E-state index in [1.54, 1.807) is 11.3 Å². The number of carbonyl (C=O) groups is 2. The molecule has 1 aromatic rings. The Morgan fingerprint density at radius 3 is 2.56 bits per heavy atom. The third-order valence-electron chi connectivity index (χ3n) is 3.35. The zero-order chi connectivity index (χ0) is 13.4. The van der Waals surface area contributed by atoms with Crippen LogP contribution >= 0.6 is 11.3 Å². The number of rotatable bonds is 4. The molecular weight excluding hydrogens is 250 g/mol. The van der Waals surface area contributed by atoms with E-state index in [1.165, 1.54) is 9.75 Å². The summed E-state index contributed by atoms with van der Waals surface area (Å²) in [6, 6.07) is 2.02. The van der Waals surface area contributed by atoms with Gasteiger partial charge in [-0.05, 0) is 38.8 Å². The average molecular weight is 267 g/mol. The first-order valence-corrected chi connectivity index (χ1v) is 6.82. The minimum absolute atomic E-state index is 0.0579. The molecule has 1 fully saturated rings. The summed E-state index contributed by atoms with van der Waals surface area (Å²) in [4.78, 5) is 25.0. The van der Waals surface area contributed by atoms with Crippen LogP contribution in [0.25, 0.3) is 0 Å². The number of carbonyl (C=O) groups excluding carboxylic acids is 1. The molecule has 4 nitrogen and oxygen atoms in total. The summed E-state index contributed by atoms with van der Waals surface area (Å²) in [6.45, 7) is 6.01. The van der Waals surface area contributed by atoms with Gasteiger partial charge in [-0.2, -0.15) is 0 Å². The Hall–Kier alpha value is -1.36. The monoisotopic (exact) mass is 267 g/mol. The van der Waals surface area contributed by atoms with Gasteiger partial charge in [0.15, 0.2) is 0 Å². The molecule has 0 saturated heterocycles. The van der Waals surface area contributed by atoms with E-state index in [1.807, 2.05) is 20.8 Å². The van der Waals surface area contributed by atoms with E-state index >= 15 is 0 Å². The predicted octanol–water partition coefficient (Wildman–Crippen LogP) is 2.26. The number of thiophene rings is 1. The van der Waals surface area contributed by atoms with Crippen LogP contribution in [0.5, 0.6) is 0 Å². The molecule has 1 amide bonds. The van der Waals surface area contributed by atoms with Gasteiger partial charge in [0.05, 0.1) is 17.9 Å². The molecule has 0 aromatic carbocycles. The number of hydrogen-bond acceptors (Lipinski definition) is 3. The SMILES string of the molecule is Cc1cc(C(C)NC(=O)C2CC2C(=O)O)c(C)s1. The van der Waals surface area contributed by atoms with E-state index in [9.17, 15) is 9.59 Å². The number of aliphatic carboxylic acids is 1. The van der Waals surface area contributed by atoms with E-state index in [0.29, 0.717) is 6.42 Å². The van der Waals surface area contributed by atoms with E-state index < -0.39 is 11.9 Å². The fraction of sp³-hybridized carbons (Fsp3) is 0.538. The van der Waals surface area contributed by atoms with Crippen LogP contribution in [0.15, 0.2) is 6.07 Å². The van der Waals surface area contributed by atoms with Gasteiger partial charge in [0.1, 0.15) is 0 Å². The van der Waals surface area contributed by atoms with Crippen molar-refractivity contribution >= 4 is 23.2 Å². The second kappa shape index (κ2) is 4.72. The van der Waals surface area contributed by atoms with Crippen molar-refractivity contribution in [2.75, 3.05) is 0 Å². The number of aryl methyl sites for hydroxylation is 2. The Balaban J connectivity index is 1.96. The molecule has 2 rings (SSSR count). The molecule has 0 radical (unpaired) electrons. The Morgan fingerprint density at radius 1 is 1.44 bits per heavy atom. The van der Waals surface area contributed by atoms with E-state index in [2.05, 4.69) is 11.4 Å². The summed E-state index contributed by atoms with van der Waals surface area (Å²) >= 11 is 1.71. The van der Waals surface area contributed by atoms with Crippen molar-refractivity contribution in [3.63, 3.8) is 0 Å². The van der Waals surface area contributed by atoms with Crippen LogP contribution in [0.1, 0.15) is 34.7 Å². The van der Waals surface area contributed by atoms with Crippen LogP contribution in [0.3, 0.4) is 0 Å². The Morgan fingerprint density at radius 2 is 2.11 bits per heavy atom. The maximum atomic E-state index is 11.9. The third kappa shape index (κ3) is 2.56. The molecular formula is C13H17NO3S. The van der Waals surface area contributed by atoms with Crippen LogP contribution in [-0.2, 0) is 9.59 Å². The minimum atomic E-state index is -0.870. The van der Waals surface area contributed by atoms with Gasteiger partial charge in [-0.1, -0.05) is 0 Å². The molecule has 0 bridgehead atoms. The zero-order valence-electron chi connectivity index (χ0n) is 10.7. The second-order valence-corrected chi connectivity index (χ2v) is 6.35. The summed E-state index contributed by atoms with van der Waals surface area (Å²) in [5.74, 6) is -1.84. The fourth-order valence-electron chi connectivity index (χ4n) is 2.24. The van der Waals surface area contributed by atoms with Crippen molar-refractivity contribution in [3.8, 4) is 0 Å². The number of hydrogen-bond donors (Lipinski definition) is 2. The summed E-state index contributed by atoms with van der Waals surface area (Å²) in [6.07, 6.45) is 0.468. The number of amides is 1. The standard InChI is InChI=1S/C13H17NO3S/c1-6-4-9(8(3)18-6)7(2)14-12(15)10-5-11(10)13(16)17/h4,7,10-11H,5H2,1-3H3,(H,14,15)(H,16,17). The van der Waals surface area contributed by atoms with Crippen molar-refractivity contribution in [3.05, 3.63) is 21.4 Å². The first-order valence-electron chi connectivity index (χ1n) is 6.00. The lowest BCUT2D eigenvalue weighted by Crippen LogP contribution is -2.29. The molecule has 1 aromatic heterocycles. The Kier molecular flexibility index (Phi) is 3.43. The maximum Gasteiger partial charge on any atom is 0.307 e. The smallest absolute Gasteiger partial charge is 0.307 e. The predicted molar refractivity (Wildman–Crippen MR) is 69.6 cm³/mol. The maximum absolute atomic E-state index is 11.9. The molecule has 1 saturated carbocycles. The largest absolute Gasteiger partial charge is 0.481 e. The van der Waals surface area contributed by atoms with Gasteiger partial charge < -0.3 is 10.4 Å². The Bertz CT molecular complexity index is 494. The van der Waals surface area contributed by atoms with Crippen molar-refractivity contribution in [2.24, 2.45) is 11.8 Å². The van der Waals surface area contributed by atoms with Crippen LogP contribution < -0.4 is 5.32 Å². The van der Waals surface area contributed by atoms with Crippen molar-refractivity contribution in [2.45, 2.75) is 33.2 Å². The van der Waals surface area contributed by atoms with E-state index in [-0.39, 0.29) is 17.9 Å². The molecule has 0 spiro atoms. The average Bonchev–Trinajstić information content (AvgIpc) is 2.99. The van der Waals surface area contributed by atoms with Gasteiger partial charge >= 0.3 is 5.97 Å². The quantitative estimate of drug-likeness (QED) is 0.879. The van der Waals surface area contributed by atoms with E-state index in [0.717, 1.165) is 5.56 Å². The molecule has 98 valence electrons. The number of nitrogens with one attached hydrogen (secondary N) is 1. The van der Waals surface area contributed by atoms with Gasteiger partial charge in [-0.25, -0.2) is 0 Å². The topological polar surface area (TPSA) is 66.4 Å². The first-order chi connectivity index (χ1) is 8.40. The van der Waals surface area contributed by atoms with Gasteiger partial charge in [-0.3, -0.25) is 9.59 Å². The number of carboxylic acids is 1. The molecule has 1 heterocycles. The summed E-state index contributed by atoms with van der Waals surface area (Å²) in [7, 11) is 0. The summed E-state index contributed by atoms with van der Waals surface area (Å²) < 4.78 is 0.